The van der Waals surface area contributed by atoms with E-state index in [1.807, 2.05) is 0 Å². The lowest BCUT2D eigenvalue weighted by molar-refractivity contribution is 0.318. The molecule has 1 nitrogen and oxygen atoms in total. The highest BCUT2D eigenvalue weighted by atomic mass is 15.1. The molecule has 0 aromatic heterocycles. The van der Waals surface area contributed by atoms with Crippen LogP contribution in [0.3, 0.4) is 0 Å². The SMILES string of the molecule is C=C(C1CC1)N(C/C=C/C1CC=CCC1)CC(C)C. The molecule has 1 saturated carbocycles. The van der Waals surface area contributed by atoms with Gasteiger partial charge in [0, 0.05) is 18.8 Å². The van der Waals surface area contributed by atoms with E-state index in [0.717, 1.165) is 24.9 Å². The second-order valence-corrected chi connectivity index (χ2v) is 6.54. The molecule has 1 fully saturated rings. The Morgan fingerprint density at radius 1 is 1.32 bits per heavy atom. The van der Waals surface area contributed by atoms with Gasteiger partial charge in [0.15, 0.2) is 0 Å². The fraction of sp³-hybridized carbons (Fsp3) is 0.667. The van der Waals surface area contributed by atoms with E-state index >= 15 is 0 Å². The first kappa shape index (κ1) is 14.4. The molecule has 1 atom stereocenters. The number of nitrogens with zero attached hydrogens (tertiary/aromatic N) is 1. The smallest absolute Gasteiger partial charge is 0.0356 e. The van der Waals surface area contributed by atoms with Gasteiger partial charge in [-0.25, -0.2) is 0 Å². The van der Waals surface area contributed by atoms with Gasteiger partial charge in [-0.05, 0) is 49.9 Å². The minimum Gasteiger partial charge on any atom is -0.371 e. The molecule has 2 rings (SSSR count). The van der Waals surface area contributed by atoms with Gasteiger partial charge in [0.05, 0.1) is 0 Å². The molecule has 0 bridgehead atoms. The van der Waals surface area contributed by atoms with Crippen molar-refractivity contribution in [3.05, 3.63) is 36.6 Å². The van der Waals surface area contributed by atoms with Crippen LogP contribution in [-0.2, 0) is 0 Å². The molecule has 0 radical (unpaired) electrons. The van der Waals surface area contributed by atoms with Gasteiger partial charge >= 0.3 is 0 Å². The Labute approximate surface area is 119 Å². The Kier molecular flexibility index (Phi) is 5.30. The summed E-state index contributed by atoms with van der Waals surface area (Å²) >= 11 is 0. The van der Waals surface area contributed by atoms with Crippen LogP contribution in [0.1, 0.15) is 46.0 Å². The van der Waals surface area contributed by atoms with Crippen LogP contribution < -0.4 is 0 Å². The van der Waals surface area contributed by atoms with Gasteiger partial charge in [-0.3, -0.25) is 0 Å². The van der Waals surface area contributed by atoms with Crippen molar-refractivity contribution >= 4 is 0 Å². The third-order valence-electron chi connectivity index (χ3n) is 4.08. The van der Waals surface area contributed by atoms with Crippen LogP contribution in [0.2, 0.25) is 0 Å². The van der Waals surface area contributed by atoms with E-state index in [1.165, 1.54) is 37.8 Å². The molecule has 1 heteroatoms. The summed E-state index contributed by atoms with van der Waals surface area (Å²) in [6.07, 6.45) is 15.9. The van der Waals surface area contributed by atoms with E-state index in [2.05, 4.69) is 49.6 Å². The molecule has 106 valence electrons. The van der Waals surface area contributed by atoms with Gasteiger partial charge in [-0.1, -0.05) is 44.7 Å². The highest BCUT2D eigenvalue weighted by Crippen LogP contribution is 2.37. The molecule has 0 aromatic rings. The molecule has 1 unspecified atom stereocenters. The van der Waals surface area contributed by atoms with Crippen molar-refractivity contribution in [2.75, 3.05) is 13.1 Å². The fourth-order valence-electron chi connectivity index (χ4n) is 2.80. The Bertz CT molecular complexity index is 347. The molecular formula is C18H29N. The van der Waals surface area contributed by atoms with Gasteiger partial charge in [0.25, 0.3) is 0 Å². The van der Waals surface area contributed by atoms with Gasteiger partial charge in [-0.15, -0.1) is 0 Å². The Morgan fingerprint density at radius 2 is 2.11 bits per heavy atom. The molecule has 0 N–H and O–H groups in total. The molecule has 0 aromatic carbocycles. The third-order valence-corrected chi connectivity index (χ3v) is 4.08. The molecular weight excluding hydrogens is 230 g/mol. The fourth-order valence-corrected chi connectivity index (χ4v) is 2.80. The Morgan fingerprint density at radius 3 is 2.68 bits per heavy atom. The topological polar surface area (TPSA) is 3.24 Å². The maximum absolute atomic E-state index is 4.32. The summed E-state index contributed by atoms with van der Waals surface area (Å²) < 4.78 is 0. The monoisotopic (exact) mass is 259 g/mol. The lowest BCUT2D eigenvalue weighted by Crippen LogP contribution is -2.28. The van der Waals surface area contributed by atoms with Crippen LogP contribution in [0.4, 0.5) is 0 Å². The third kappa shape index (κ3) is 4.89. The quantitative estimate of drug-likeness (QED) is 0.595. The average Bonchev–Trinajstić information content (AvgIpc) is 3.22. The van der Waals surface area contributed by atoms with Crippen molar-refractivity contribution in [1.29, 1.82) is 0 Å². The highest BCUT2D eigenvalue weighted by Gasteiger charge is 2.27. The molecule has 19 heavy (non-hydrogen) atoms. The maximum Gasteiger partial charge on any atom is 0.0356 e. The van der Waals surface area contributed by atoms with Gasteiger partial charge in [0.1, 0.15) is 0 Å². The summed E-state index contributed by atoms with van der Waals surface area (Å²) in [7, 11) is 0. The normalized spacial score (nSPS) is 23.2. The largest absolute Gasteiger partial charge is 0.371 e. The van der Waals surface area contributed by atoms with Crippen molar-refractivity contribution in [1.82, 2.24) is 4.90 Å². The van der Waals surface area contributed by atoms with Crippen molar-refractivity contribution < 1.29 is 0 Å². The summed E-state index contributed by atoms with van der Waals surface area (Å²) in [5.74, 6) is 2.26. The molecule has 0 spiro atoms. The van der Waals surface area contributed by atoms with Crippen molar-refractivity contribution in [3.8, 4) is 0 Å². The number of hydrogen-bond acceptors (Lipinski definition) is 1. The van der Waals surface area contributed by atoms with Crippen LogP contribution >= 0.6 is 0 Å². The summed E-state index contributed by atoms with van der Waals surface area (Å²) in [4.78, 5) is 2.50. The number of rotatable bonds is 7. The van der Waals surface area contributed by atoms with E-state index in [-0.39, 0.29) is 0 Å². The van der Waals surface area contributed by atoms with Gasteiger partial charge < -0.3 is 4.90 Å². The standard InChI is InChI=1S/C18H29N/c1-15(2)14-19(16(3)18-11-12-18)13-7-10-17-8-5-4-6-9-17/h4-5,7,10,15,17-18H,3,6,8-9,11-14H2,1-2H3/b10-7+. The van der Waals surface area contributed by atoms with E-state index in [9.17, 15) is 0 Å². The van der Waals surface area contributed by atoms with Crippen molar-refractivity contribution in [3.63, 3.8) is 0 Å². The van der Waals surface area contributed by atoms with E-state index < -0.39 is 0 Å². The first-order valence-electron chi connectivity index (χ1n) is 7.92. The van der Waals surface area contributed by atoms with Crippen LogP contribution in [0.15, 0.2) is 36.6 Å². The molecule has 2 aliphatic rings. The van der Waals surface area contributed by atoms with Crippen LogP contribution in [0.5, 0.6) is 0 Å². The van der Waals surface area contributed by atoms with Crippen molar-refractivity contribution in [2.24, 2.45) is 17.8 Å². The predicted molar refractivity (Wildman–Crippen MR) is 83.9 cm³/mol. The summed E-state index contributed by atoms with van der Waals surface area (Å²) in [6, 6.07) is 0. The van der Waals surface area contributed by atoms with Gasteiger partial charge in [0.2, 0.25) is 0 Å². The lowest BCUT2D eigenvalue weighted by atomic mass is 9.94. The highest BCUT2D eigenvalue weighted by molar-refractivity contribution is 5.09. The molecule has 0 aliphatic heterocycles. The minimum absolute atomic E-state index is 0.710. The van der Waals surface area contributed by atoms with E-state index in [1.54, 1.807) is 0 Å². The molecule has 2 aliphatic carbocycles. The molecule has 0 amide bonds. The number of allylic oxidation sites excluding steroid dienone is 4. The second-order valence-electron chi connectivity index (χ2n) is 6.54. The zero-order valence-corrected chi connectivity index (χ0v) is 12.6. The van der Waals surface area contributed by atoms with Gasteiger partial charge in [-0.2, -0.15) is 0 Å². The maximum atomic E-state index is 4.32. The summed E-state index contributed by atoms with van der Waals surface area (Å²) in [5, 5.41) is 0. The second kappa shape index (κ2) is 6.98. The van der Waals surface area contributed by atoms with Crippen LogP contribution in [-0.4, -0.2) is 18.0 Å². The number of hydrogen-bond donors (Lipinski definition) is 0. The zero-order valence-electron chi connectivity index (χ0n) is 12.6. The Hall–Kier alpha value is -0.980. The predicted octanol–water partition coefficient (Wildman–Crippen LogP) is 4.78. The van der Waals surface area contributed by atoms with Crippen LogP contribution in [0.25, 0.3) is 0 Å². The first-order chi connectivity index (χ1) is 9.16. The van der Waals surface area contributed by atoms with E-state index in [0.29, 0.717) is 5.92 Å². The zero-order chi connectivity index (χ0) is 13.7. The average molecular weight is 259 g/mol. The minimum atomic E-state index is 0.710. The molecule has 0 saturated heterocycles. The lowest BCUT2D eigenvalue weighted by Gasteiger charge is -2.27. The first-order valence-corrected chi connectivity index (χ1v) is 7.92. The summed E-state index contributed by atoms with van der Waals surface area (Å²) in [6.45, 7) is 11.1. The summed E-state index contributed by atoms with van der Waals surface area (Å²) in [5.41, 5.74) is 1.38. The van der Waals surface area contributed by atoms with E-state index in [4.69, 9.17) is 0 Å². The van der Waals surface area contributed by atoms with Crippen molar-refractivity contribution in [2.45, 2.75) is 46.0 Å². The molecule has 0 heterocycles. The van der Waals surface area contributed by atoms with Crippen LogP contribution in [0, 0.1) is 17.8 Å². The Balaban J connectivity index is 1.82.